The van der Waals surface area contributed by atoms with Gasteiger partial charge in [-0.2, -0.15) is 0 Å². The van der Waals surface area contributed by atoms with E-state index < -0.39 is 0 Å². The number of hydrogen-bond acceptors (Lipinski definition) is 6. The average molecular weight is 359 g/mol. The highest BCUT2D eigenvalue weighted by Crippen LogP contribution is 2.30. The van der Waals surface area contributed by atoms with Gasteiger partial charge in [0.2, 0.25) is 5.91 Å². The van der Waals surface area contributed by atoms with Gasteiger partial charge in [0.05, 0.1) is 12.3 Å². The van der Waals surface area contributed by atoms with Crippen LogP contribution in [-0.4, -0.2) is 40.9 Å². The van der Waals surface area contributed by atoms with Gasteiger partial charge in [-0.15, -0.1) is 0 Å². The monoisotopic (exact) mass is 359 g/mol. The van der Waals surface area contributed by atoms with Gasteiger partial charge in [0.25, 0.3) is 0 Å². The molecular formula is C18H21N3O3S. The quantitative estimate of drug-likeness (QED) is 0.653. The van der Waals surface area contributed by atoms with Gasteiger partial charge in [0.1, 0.15) is 12.7 Å². The number of rotatable bonds is 5. The number of aryl methyl sites for hydroxylation is 2. The summed E-state index contributed by atoms with van der Waals surface area (Å²) < 4.78 is 11.5. The first-order chi connectivity index (χ1) is 12.0. The van der Waals surface area contributed by atoms with E-state index in [1.165, 1.54) is 11.8 Å². The third-order valence-corrected chi connectivity index (χ3v) is 4.89. The number of fused-ring (bicyclic) bond motifs is 1. The fraction of sp³-hybridized carbons (Fsp3) is 0.389. The highest BCUT2D eigenvalue weighted by molar-refractivity contribution is 7.99. The van der Waals surface area contributed by atoms with E-state index in [2.05, 4.69) is 15.3 Å². The van der Waals surface area contributed by atoms with E-state index in [1.54, 1.807) is 0 Å². The minimum absolute atomic E-state index is 0.0769. The molecular weight excluding hydrogens is 338 g/mol. The predicted octanol–water partition coefficient (Wildman–Crippen LogP) is 2.45. The topological polar surface area (TPSA) is 73.3 Å². The lowest BCUT2D eigenvalue weighted by Gasteiger charge is -2.26. The van der Waals surface area contributed by atoms with Gasteiger partial charge in [0.15, 0.2) is 16.7 Å². The van der Waals surface area contributed by atoms with Crippen molar-refractivity contribution in [3.63, 3.8) is 0 Å². The maximum absolute atomic E-state index is 12.1. The first-order valence-corrected chi connectivity index (χ1v) is 9.11. The number of hydrogen-bond donors (Lipinski definition) is 1. The standard InChI is InChI=1S/C18H21N3O3S/c1-11-12(2)20-18(21-13(11)3)25-10-17(22)19-8-14-9-23-15-6-4-5-7-16(15)24-14/h4-7,14H,8-10H2,1-3H3,(H,19,22)/t14-/m1/s1. The van der Waals surface area contributed by atoms with Crippen molar-refractivity contribution in [2.24, 2.45) is 0 Å². The molecule has 1 aromatic heterocycles. The second kappa shape index (κ2) is 7.74. The Morgan fingerprint density at radius 3 is 2.60 bits per heavy atom. The summed E-state index contributed by atoms with van der Waals surface area (Å²) in [5, 5.41) is 3.50. The summed E-state index contributed by atoms with van der Waals surface area (Å²) in [5.74, 6) is 1.64. The SMILES string of the molecule is Cc1nc(SCC(=O)NC[C@@H]2COc3ccccc3O2)nc(C)c1C. The summed E-state index contributed by atoms with van der Waals surface area (Å²) in [6, 6.07) is 7.52. The third-order valence-electron chi connectivity index (χ3n) is 4.04. The maximum Gasteiger partial charge on any atom is 0.230 e. The zero-order valence-corrected chi connectivity index (χ0v) is 15.4. The molecule has 1 amide bonds. The summed E-state index contributed by atoms with van der Waals surface area (Å²) in [6.07, 6.45) is -0.191. The van der Waals surface area contributed by atoms with Crippen LogP contribution in [0, 0.1) is 20.8 Å². The Labute approximate surface area is 151 Å². The lowest BCUT2D eigenvalue weighted by molar-refractivity contribution is -0.119. The normalized spacial score (nSPS) is 15.7. The molecule has 1 aromatic carbocycles. The van der Waals surface area contributed by atoms with Crippen LogP contribution in [0.25, 0.3) is 0 Å². The molecule has 2 aromatic rings. The Morgan fingerprint density at radius 2 is 1.88 bits per heavy atom. The number of nitrogens with one attached hydrogen (secondary N) is 1. The van der Waals surface area contributed by atoms with Crippen LogP contribution in [0.1, 0.15) is 17.0 Å². The second-order valence-electron chi connectivity index (χ2n) is 5.89. The van der Waals surface area contributed by atoms with Crippen LogP contribution in [-0.2, 0) is 4.79 Å². The summed E-state index contributed by atoms with van der Waals surface area (Å²) >= 11 is 1.33. The predicted molar refractivity (Wildman–Crippen MR) is 96.3 cm³/mol. The molecule has 7 heteroatoms. The zero-order chi connectivity index (χ0) is 17.8. The molecule has 1 N–H and O–H groups in total. The molecule has 25 heavy (non-hydrogen) atoms. The summed E-state index contributed by atoms with van der Waals surface area (Å²) in [5.41, 5.74) is 2.98. The fourth-order valence-corrected chi connectivity index (χ4v) is 3.14. The molecule has 0 saturated heterocycles. The van der Waals surface area contributed by atoms with E-state index in [9.17, 15) is 4.79 Å². The molecule has 0 fully saturated rings. The van der Waals surface area contributed by atoms with Crippen LogP contribution >= 0.6 is 11.8 Å². The molecule has 132 valence electrons. The van der Waals surface area contributed by atoms with Crippen LogP contribution in [0.3, 0.4) is 0 Å². The zero-order valence-electron chi connectivity index (χ0n) is 14.5. The van der Waals surface area contributed by atoms with E-state index in [0.29, 0.717) is 24.1 Å². The molecule has 0 radical (unpaired) electrons. The highest BCUT2D eigenvalue weighted by Gasteiger charge is 2.21. The molecule has 0 bridgehead atoms. The number of amides is 1. The first-order valence-electron chi connectivity index (χ1n) is 8.12. The molecule has 0 aliphatic carbocycles. The lowest BCUT2D eigenvalue weighted by atomic mass is 10.2. The van der Waals surface area contributed by atoms with Crippen molar-refractivity contribution in [2.75, 3.05) is 18.9 Å². The van der Waals surface area contributed by atoms with E-state index >= 15 is 0 Å². The van der Waals surface area contributed by atoms with E-state index in [1.807, 2.05) is 45.0 Å². The Bertz CT molecular complexity index is 759. The van der Waals surface area contributed by atoms with Crippen molar-refractivity contribution in [1.82, 2.24) is 15.3 Å². The number of ether oxygens (including phenoxy) is 2. The molecule has 1 atom stereocenters. The largest absolute Gasteiger partial charge is 0.486 e. The molecule has 0 saturated carbocycles. The Balaban J connectivity index is 1.46. The van der Waals surface area contributed by atoms with Gasteiger partial charge >= 0.3 is 0 Å². The van der Waals surface area contributed by atoms with Gasteiger partial charge in [-0.1, -0.05) is 23.9 Å². The number of thioether (sulfide) groups is 1. The highest BCUT2D eigenvalue weighted by atomic mass is 32.2. The van der Waals surface area contributed by atoms with Crippen LogP contribution < -0.4 is 14.8 Å². The fourth-order valence-electron chi connectivity index (χ4n) is 2.38. The van der Waals surface area contributed by atoms with Crippen molar-refractivity contribution in [1.29, 1.82) is 0 Å². The molecule has 2 heterocycles. The Morgan fingerprint density at radius 1 is 1.20 bits per heavy atom. The molecule has 0 spiro atoms. The minimum atomic E-state index is -0.191. The minimum Gasteiger partial charge on any atom is -0.486 e. The number of nitrogens with zero attached hydrogens (tertiary/aromatic N) is 2. The van der Waals surface area contributed by atoms with Crippen LogP contribution in [0.5, 0.6) is 11.5 Å². The molecule has 6 nitrogen and oxygen atoms in total. The van der Waals surface area contributed by atoms with Gasteiger partial charge in [0, 0.05) is 11.4 Å². The summed E-state index contributed by atoms with van der Waals surface area (Å²) in [7, 11) is 0. The van der Waals surface area contributed by atoms with Crippen molar-refractivity contribution in [3.8, 4) is 11.5 Å². The average Bonchev–Trinajstić information content (AvgIpc) is 2.62. The van der Waals surface area contributed by atoms with E-state index in [4.69, 9.17) is 9.47 Å². The number of carbonyl (C=O) groups is 1. The smallest absolute Gasteiger partial charge is 0.230 e. The van der Waals surface area contributed by atoms with Crippen LogP contribution in [0.4, 0.5) is 0 Å². The Hall–Kier alpha value is -2.28. The van der Waals surface area contributed by atoms with E-state index in [0.717, 1.165) is 22.7 Å². The Kier molecular flexibility index (Phi) is 5.43. The van der Waals surface area contributed by atoms with Gasteiger partial charge < -0.3 is 14.8 Å². The van der Waals surface area contributed by atoms with Gasteiger partial charge in [-0.3, -0.25) is 4.79 Å². The maximum atomic E-state index is 12.1. The van der Waals surface area contributed by atoms with Crippen molar-refractivity contribution in [3.05, 3.63) is 41.2 Å². The van der Waals surface area contributed by atoms with Crippen LogP contribution in [0.15, 0.2) is 29.4 Å². The van der Waals surface area contributed by atoms with Crippen molar-refractivity contribution < 1.29 is 14.3 Å². The molecule has 1 aliphatic rings. The van der Waals surface area contributed by atoms with Gasteiger partial charge in [-0.05, 0) is 38.5 Å². The number of benzene rings is 1. The second-order valence-corrected chi connectivity index (χ2v) is 6.83. The van der Waals surface area contributed by atoms with Crippen LogP contribution in [0.2, 0.25) is 0 Å². The lowest BCUT2D eigenvalue weighted by Crippen LogP contribution is -2.41. The first kappa shape index (κ1) is 17.5. The number of carbonyl (C=O) groups excluding carboxylic acids is 1. The number of aromatic nitrogens is 2. The molecule has 0 unspecified atom stereocenters. The molecule has 3 rings (SSSR count). The summed E-state index contributed by atoms with van der Waals surface area (Å²) in [4.78, 5) is 20.9. The number of para-hydroxylation sites is 2. The molecule has 1 aliphatic heterocycles. The van der Waals surface area contributed by atoms with Crippen molar-refractivity contribution in [2.45, 2.75) is 32.0 Å². The van der Waals surface area contributed by atoms with Crippen molar-refractivity contribution >= 4 is 17.7 Å². The van der Waals surface area contributed by atoms with E-state index in [-0.39, 0.29) is 17.8 Å². The third kappa shape index (κ3) is 4.42. The van der Waals surface area contributed by atoms with Gasteiger partial charge in [-0.25, -0.2) is 9.97 Å². The summed E-state index contributed by atoms with van der Waals surface area (Å²) in [6.45, 7) is 6.72.